The largest absolute Gasteiger partial charge is 0.380 e. The molecule has 0 saturated carbocycles. The third-order valence-corrected chi connectivity index (χ3v) is 4.94. The summed E-state index contributed by atoms with van der Waals surface area (Å²) in [5.41, 5.74) is 6.14. The molecular weight excluding hydrogens is 346 g/mol. The lowest BCUT2D eigenvalue weighted by molar-refractivity contribution is 0.00829. The van der Waals surface area contributed by atoms with Crippen LogP contribution in [0.25, 0.3) is 5.57 Å². The molecule has 1 aliphatic rings. The standard InChI is InChI=1S/C21H26ClN3O/c1-4-6-14(3)8-17(18-11-24-25-20(18)7-5-2)21-19(22)9-15(10-23-21)16-12-26-13-16/h8-11,16H,3-7,12-13H2,1-2H3,(H,24,25)/b17-8+. The van der Waals surface area contributed by atoms with Gasteiger partial charge in [0.05, 0.1) is 30.1 Å². The molecule has 3 rings (SSSR count). The lowest BCUT2D eigenvalue weighted by Crippen LogP contribution is -2.25. The molecular formula is C21H26ClN3O. The van der Waals surface area contributed by atoms with E-state index in [4.69, 9.17) is 21.3 Å². The van der Waals surface area contributed by atoms with Crippen molar-refractivity contribution < 1.29 is 4.74 Å². The topological polar surface area (TPSA) is 50.8 Å². The molecule has 1 aliphatic heterocycles. The number of nitrogens with zero attached hydrogens (tertiary/aromatic N) is 2. The Labute approximate surface area is 160 Å². The van der Waals surface area contributed by atoms with E-state index in [1.807, 2.05) is 18.5 Å². The molecule has 0 atom stereocenters. The summed E-state index contributed by atoms with van der Waals surface area (Å²) in [6.07, 6.45) is 9.86. The zero-order valence-electron chi connectivity index (χ0n) is 15.5. The smallest absolute Gasteiger partial charge is 0.0895 e. The predicted molar refractivity (Wildman–Crippen MR) is 107 cm³/mol. The number of hydrogen-bond acceptors (Lipinski definition) is 3. The van der Waals surface area contributed by atoms with Gasteiger partial charge in [-0.3, -0.25) is 10.1 Å². The number of aromatic amines is 1. The van der Waals surface area contributed by atoms with Crippen molar-refractivity contribution in [1.29, 1.82) is 0 Å². The molecule has 0 bridgehead atoms. The van der Waals surface area contributed by atoms with E-state index in [1.54, 1.807) is 0 Å². The Balaban J connectivity index is 2.03. The van der Waals surface area contributed by atoms with Gasteiger partial charge in [-0.1, -0.05) is 50.4 Å². The van der Waals surface area contributed by atoms with Gasteiger partial charge in [-0.25, -0.2) is 0 Å². The summed E-state index contributed by atoms with van der Waals surface area (Å²) in [4.78, 5) is 4.71. The molecule has 0 radical (unpaired) electrons. The lowest BCUT2D eigenvalue weighted by Gasteiger charge is -2.26. The Bertz CT molecular complexity index is 805. The molecule has 1 N–H and O–H groups in total. The first-order valence-electron chi connectivity index (χ1n) is 9.29. The van der Waals surface area contributed by atoms with Crippen molar-refractivity contribution in [2.24, 2.45) is 0 Å². The summed E-state index contributed by atoms with van der Waals surface area (Å²) < 4.78 is 5.28. The second-order valence-corrected chi connectivity index (χ2v) is 7.22. The van der Waals surface area contributed by atoms with Crippen LogP contribution in [0, 0.1) is 0 Å². The molecule has 26 heavy (non-hydrogen) atoms. The molecule has 0 unspecified atom stereocenters. The van der Waals surface area contributed by atoms with E-state index in [-0.39, 0.29) is 0 Å². The molecule has 5 heteroatoms. The average molecular weight is 372 g/mol. The number of pyridine rings is 1. The summed E-state index contributed by atoms with van der Waals surface area (Å²) in [5.74, 6) is 0.404. The monoisotopic (exact) mass is 371 g/mol. The number of aryl methyl sites for hydroxylation is 1. The van der Waals surface area contributed by atoms with Crippen LogP contribution in [-0.2, 0) is 11.2 Å². The van der Waals surface area contributed by atoms with Crippen LogP contribution in [0.1, 0.15) is 61.5 Å². The number of halogens is 1. The molecule has 2 aromatic heterocycles. The first-order valence-corrected chi connectivity index (χ1v) is 9.67. The van der Waals surface area contributed by atoms with Crippen molar-refractivity contribution in [2.45, 2.75) is 45.4 Å². The highest BCUT2D eigenvalue weighted by molar-refractivity contribution is 6.32. The number of allylic oxidation sites excluding steroid dienone is 2. The molecule has 0 amide bonds. The van der Waals surface area contributed by atoms with Gasteiger partial charge in [0.25, 0.3) is 0 Å². The highest BCUT2D eigenvalue weighted by Gasteiger charge is 2.23. The van der Waals surface area contributed by atoms with Gasteiger partial charge in [0.15, 0.2) is 0 Å². The molecule has 0 aliphatic carbocycles. The van der Waals surface area contributed by atoms with Gasteiger partial charge >= 0.3 is 0 Å². The summed E-state index contributed by atoms with van der Waals surface area (Å²) in [7, 11) is 0. The minimum atomic E-state index is 0.404. The maximum absolute atomic E-state index is 6.65. The van der Waals surface area contributed by atoms with E-state index in [0.29, 0.717) is 10.9 Å². The quantitative estimate of drug-likeness (QED) is 0.639. The Hall–Kier alpha value is -1.91. The molecule has 0 spiro atoms. The van der Waals surface area contributed by atoms with Gasteiger partial charge in [-0.05, 0) is 30.5 Å². The van der Waals surface area contributed by atoms with Crippen molar-refractivity contribution in [2.75, 3.05) is 13.2 Å². The zero-order chi connectivity index (χ0) is 18.5. The summed E-state index contributed by atoms with van der Waals surface area (Å²) in [5, 5.41) is 8.04. The van der Waals surface area contributed by atoms with Crippen LogP contribution in [0.2, 0.25) is 5.02 Å². The van der Waals surface area contributed by atoms with Gasteiger partial charge in [-0.15, -0.1) is 0 Å². The van der Waals surface area contributed by atoms with Crippen LogP contribution in [0.5, 0.6) is 0 Å². The minimum Gasteiger partial charge on any atom is -0.380 e. The minimum absolute atomic E-state index is 0.404. The Morgan fingerprint density at radius 3 is 2.77 bits per heavy atom. The van der Waals surface area contributed by atoms with E-state index in [9.17, 15) is 0 Å². The number of hydrogen-bond donors (Lipinski definition) is 1. The molecule has 2 aromatic rings. The Kier molecular flexibility index (Phi) is 6.28. The van der Waals surface area contributed by atoms with Crippen LogP contribution in [0.3, 0.4) is 0 Å². The maximum Gasteiger partial charge on any atom is 0.0895 e. The van der Waals surface area contributed by atoms with Crippen molar-refractivity contribution in [3.05, 3.63) is 64.2 Å². The third-order valence-electron chi connectivity index (χ3n) is 4.65. The van der Waals surface area contributed by atoms with Crippen molar-refractivity contribution in [1.82, 2.24) is 15.2 Å². The SMILES string of the molecule is C=C(/C=C(\c1cn[nH]c1CCC)c1ncc(C2COC2)cc1Cl)CCC. The average Bonchev–Trinajstić information content (AvgIpc) is 3.00. The molecule has 1 fully saturated rings. The van der Waals surface area contributed by atoms with Gasteiger partial charge < -0.3 is 4.74 Å². The lowest BCUT2D eigenvalue weighted by atomic mass is 9.95. The van der Waals surface area contributed by atoms with E-state index in [0.717, 1.165) is 72.6 Å². The van der Waals surface area contributed by atoms with Crippen molar-refractivity contribution in [3.63, 3.8) is 0 Å². The summed E-state index contributed by atoms with van der Waals surface area (Å²) >= 11 is 6.65. The van der Waals surface area contributed by atoms with Crippen molar-refractivity contribution >= 4 is 17.2 Å². The van der Waals surface area contributed by atoms with Crippen LogP contribution < -0.4 is 0 Å². The first kappa shape index (κ1) is 18.9. The second-order valence-electron chi connectivity index (χ2n) is 6.81. The van der Waals surface area contributed by atoms with Gasteiger partial charge in [0.1, 0.15) is 0 Å². The van der Waals surface area contributed by atoms with Gasteiger partial charge in [0, 0.05) is 28.9 Å². The van der Waals surface area contributed by atoms with Crippen LogP contribution >= 0.6 is 11.6 Å². The van der Waals surface area contributed by atoms with E-state index < -0.39 is 0 Å². The van der Waals surface area contributed by atoms with Crippen LogP contribution in [0.15, 0.2) is 36.7 Å². The molecule has 0 aromatic carbocycles. The number of aromatic nitrogens is 3. The second kappa shape index (κ2) is 8.65. The van der Waals surface area contributed by atoms with E-state index in [2.05, 4.69) is 36.7 Å². The molecule has 3 heterocycles. The summed E-state index contributed by atoms with van der Waals surface area (Å²) in [6, 6.07) is 2.02. The molecule has 4 nitrogen and oxygen atoms in total. The van der Waals surface area contributed by atoms with Gasteiger partial charge in [0.2, 0.25) is 0 Å². The van der Waals surface area contributed by atoms with Crippen molar-refractivity contribution in [3.8, 4) is 0 Å². The maximum atomic E-state index is 6.65. The number of H-pyrrole nitrogens is 1. The van der Waals surface area contributed by atoms with Crippen LogP contribution in [-0.4, -0.2) is 28.4 Å². The fourth-order valence-corrected chi connectivity index (χ4v) is 3.44. The van der Waals surface area contributed by atoms with E-state index >= 15 is 0 Å². The normalized spacial score (nSPS) is 15.1. The summed E-state index contributed by atoms with van der Waals surface area (Å²) in [6.45, 7) is 10.0. The Morgan fingerprint density at radius 2 is 2.15 bits per heavy atom. The fourth-order valence-electron chi connectivity index (χ4n) is 3.16. The third kappa shape index (κ3) is 4.08. The number of nitrogens with one attached hydrogen (secondary N) is 1. The highest BCUT2D eigenvalue weighted by atomic mass is 35.5. The van der Waals surface area contributed by atoms with Gasteiger partial charge in [-0.2, -0.15) is 5.10 Å². The Morgan fingerprint density at radius 1 is 1.35 bits per heavy atom. The zero-order valence-corrected chi connectivity index (χ0v) is 16.3. The molecule has 138 valence electrons. The van der Waals surface area contributed by atoms with Crippen LogP contribution in [0.4, 0.5) is 0 Å². The number of rotatable bonds is 8. The number of ether oxygens (including phenoxy) is 1. The predicted octanol–water partition coefficient (Wildman–Crippen LogP) is 5.31. The highest BCUT2D eigenvalue weighted by Crippen LogP contribution is 2.34. The molecule has 1 saturated heterocycles. The first-order chi connectivity index (χ1) is 12.6. The van der Waals surface area contributed by atoms with E-state index in [1.165, 1.54) is 0 Å². The fraction of sp³-hybridized carbons (Fsp3) is 0.429.